The van der Waals surface area contributed by atoms with Gasteiger partial charge in [-0.25, -0.2) is 4.98 Å². The molecule has 2 N–H and O–H groups in total. The lowest BCUT2D eigenvalue weighted by atomic mass is 10.1. The summed E-state index contributed by atoms with van der Waals surface area (Å²) >= 11 is 0. The highest BCUT2D eigenvalue weighted by atomic mass is 16.1. The molecule has 0 aliphatic heterocycles. The number of benzene rings is 2. The van der Waals surface area contributed by atoms with Gasteiger partial charge < -0.3 is 14.9 Å². The summed E-state index contributed by atoms with van der Waals surface area (Å²) in [5.41, 5.74) is 5.37. The second-order valence-corrected chi connectivity index (χ2v) is 6.68. The quantitative estimate of drug-likeness (QED) is 0.583. The number of carbonyl (C=O) groups is 1. The number of para-hydroxylation sites is 1. The lowest BCUT2D eigenvalue weighted by molar-refractivity contribution is -0.120. The molecule has 132 valence electrons. The van der Waals surface area contributed by atoms with Crippen molar-refractivity contribution < 1.29 is 4.79 Å². The van der Waals surface area contributed by atoms with Crippen molar-refractivity contribution in [2.75, 3.05) is 6.54 Å². The molecule has 0 fully saturated rings. The summed E-state index contributed by atoms with van der Waals surface area (Å²) in [6.07, 6.45) is 3.21. The number of aromatic amines is 1. The van der Waals surface area contributed by atoms with E-state index < -0.39 is 0 Å². The molecule has 1 amide bonds. The summed E-state index contributed by atoms with van der Waals surface area (Å²) in [6.45, 7) is 2.61. The number of hydrogen-bond donors (Lipinski definition) is 2. The van der Waals surface area contributed by atoms with Crippen LogP contribution in [0.4, 0.5) is 0 Å². The fourth-order valence-electron chi connectivity index (χ4n) is 3.40. The molecule has 0 spiro atoms. The number of nitrogens with one attached hydrogen (secondary N) is 2. The van der Waals surface area contributed by atoms with Crippen LogP contribution >= 0.6 is 0 Å². The van der Waals surface area contributed by atoms with Gasteiger partial charge in [0, 0.05) is 30.7 Å². The second kappa shape index (κ2) is 6.67. The second-order valence-electron chi connectivity index (χ2n) is 6.68. The number of aryl methyl sites for hydroxylation is 2. The fraction of sp³-hybridized carbons (Fsp3) is 0.238. The van der Waals surface area contributed by atoms with E-state index in [0.717, 1.165) is 34.4 Å². The van der Waals surface area contributed by atoms with Crippen molar-refractivity contribution >= 4 is 27.8 Å². The van der Waals surface area contributed by atoms with Crippen LogP contribution in [-0.2, 0) is 24.7 Å². The van der Waals surface area contributed by atoms with Gasteiger partial charge in [-0.15, -0.1) is 0 Å². The third-order valence-corrected chi connectivity index (χ3v) is 4.92. The SMILES string of the molecule is Cc1nc2cc(CC(=O)NCCc3c[nH]c4ccccc34)ccc2n1C. The van der Waals surface area contributed by atoms with Gasteiger partial charge in [-0.1, -0.05) is 24.3 Å². The van der Waals surface area contributed by atoms with E-state index in [9.17, 15) is 4.79 Å². The van der Waals surface area contributed by atoms with Gasteiger partial charge in [0.15, 0.2) is 0 Å². The van der Waals surface area contributed by atoms with E-state index in [2.05, 4.69) is 32.0 Å². The Morgan fingerprint density at radius 3 is 2.96 bits per heavy atom. The maximum absolute atomic E-state index is 12.3. The normalized spacial score (nSPS) is 11.3. The number of fused-ring (bicyclic) bond motifs is 2. The highest BCUT2D eigenvalue weighted by Crippen LogP contribution is 2.18. The number of imidazole rings is 1. The third kappa shape index (κ3) is 3.08. The van der Waals surface area contributed by atoms with Crippen LogP contribution in [0.1, 0.15) is 17.0 Å². The van der Waals surface area contributed by atoms with Gasteiger partial charge >= 0.3 is 0 Å². The Hall–Kier alpha value is -3.08. The molecule has 4 rings (SSSR count). The summed E-state index contributed by atoms with van der Waals surface area (Å²) in [5, 5.41) is 4.24. The van der Waals surface area contributed by atoms with E-state index in [1.54, 1.807) is 0 Å². The monoisotopic (exact) mass is 346 g/mol. The average molecular weight is 346 g/mol. The van der Waals surface area contributed by atoms with Gasteiger partial charge in [0.2, 0.25) is 5.91 Å². The zero-order valence-electron chi connectivity index (χ0n) is 15.0. The van der Waals surface area contributed by atoms with Crippen molar-refractivity contribution in [2.24, 2.45) is 7.05 Å². The lowest BCUT2D eigenvalue weighted by Crippen LogP contribution is -2.27. The lowest BCUT2D eigenvalue weighted by Gasteiger charge is -2.05. The van der Waals surface area contributed by atoms with Crippen LogP contribution in [0.3, 0.4) is 0 Å². The molecule has 0 saturated heterocycles. The van der Waals surface area contributed by atoms with E-state index in [0.29, 0.717) is 13.0 Å². The Kier molecular flexibility index (Phi) is 4.21. The van der Waals surface area contributed by atoms with Gasteiger partial charge in [-0.05, 0) is 42.7 Å². The Morgan fingerprint density at radius 1 is 1.23 bits per heavy atom. The van der Waals surface area contributed by atoms with Gasteiger partial charge in [-0.3, -0.25) is 4.79 Å². The maximum Gasteiger partial charge on any atom is 0.224 e. The maximum atomic E-state index is 12.3. The molecule has 0 saturated carbocycles. The van der Waals surface area contributed by atoms with Crippen LogP contribution < -0.4 is 5.32 Å². The minimum absolute atomic E-state index is 0.0387. The Labute approximate surface area is 152 Å². The molecule has 0 bridgehead atoms. The average Bonchev–Trinajstić information content (AvgIpc) is 3.16. The number of amides is 1. The molecule has 0 aliphatic rings. The van der Waals surface area contributed by atoms with Gasteiger partial charge in [-0.2, -0.15) is 0 Å². The smallest absolute Gasteiger partial charge is 0.224 e. The summed E-state index contributed by atoms with van der Waals surface area (Å²) in [5.74, 6) is 1.01. The van der Waals surface area contributed by atoms with E-state index in [-0.39, 0.29) is 5.91 Å². The number of nitrogens with zero attached hydrogens (tertiary/aromatic N) is 2. The van der Waals surface area contributed by atoms with Gasteiger partial charge in [0.25, 0.3) is 0 Å². The van der Waals surface area contributed by atoms with Crippen LogP contribution in [0.15, 0.2) is 48.7 Å². The number of hydrogen-bond acceptors (Lipinski definition) is 2. The first-order valence-corrected chi connectivity index (χ1v) is 8.85. The molecule has 4 aromatic rings. The number of aromatic nitrogens is 3. The van der Waals surface area contributed by atoms with E-state index >= 15 is 0 Å². The molecular formula is C21H22N4O. The summed E-state index contributed by atoms with van der Waals surface area (Å²) in [6, 6.07) is 14.3. The van der Waals surface area contributed by atoms with Gasteiger partial charge in [0.05, 0.1) is 17.5 Å². The fourth-order valence-corrected chi connectivity index (χ4v) is 3.40. The van der Waals surface area contributed by atoms with Crippen LogP contribution in [0.2, 0.25) is 0 Å². The molecule has 2 aromatic carbocycles. The number of carbonyl (C=O) groups excluding carboxylic acids is 1. The van der Waals surface area contributed by atoms with Gasteiger partial charge in [0.1, 0.15) is 5.82 Å². The Morgan fingerprint density at radius 2 is 2.08 bits per heavy atom. The molecule has 5 nitrogen and oxygen atoms in total. The van der Waals surface area contributed by atoms with Crippen LogP contribution in [0, 0.1) is 6.92 Å². The minimum atomic E-state index is 0.0387. The Bertz CT molecular complexity index is 1090. The molecule has 0 atom stereocenters. The van der Waals surface area contributed by atoms with Crippen molar-refractivity contribution in [1.29, 1.82) is 0 Å². The van der Waals surface area contributed by atoms with Crippen molar-refractivity contribution in [2.45, 2.75) is 19.8 Å². The molecule has 2 aromatic heterocycles. The minimum Gasteiger partial charge on any atom is -0.361 e. The topological polar surface area (TPSA) is 62.7 Å². The highest BCUT2D eigenvalue weighted by molar-refractivity contribution is 5.84. The molecule has 0 aliphatic carbocycles. The third-order valence-electron chi connectivity index (χ3n) is 4.92. The predicted octanol–water partition coefficient (Wildman–Crippen LogP) is 3.26. The summed E-state index contributed by atoms with van der Waals surface area (Å²) < 4.78 is 2.06. The van der Waals surface area contributed by atoms with E-state index in [1.165, 1.54) is 10.9 Å². The van der Waals surface area contributed by atoms with Crippen LogP contribution in [0.25, 0.3) is 21.9 Å². The first-order valence-electron chi connectivity index (χ1n) is 8.85. The molecule has 0 unspecified atom stereocenters. The van der Waals surface area contributed by atoms with Crippen molar-refractivity contribution in [1.82, 2.24) is 19.9 Å². The molecule has 2 heterocycles. The zero-order chi connectivity index (χ0) is 18.1. The first kappa shape index (κ1) is 16.4. The predicted molar refractivity (Wildman–Crippen MR) is 104 cm³/mol. The van der Waals surface area contributed by atoms with Crippen molar-refractivity contribution in [3.8, 4) is 0 Å². The zero-order valence-corrected chi connectivity index (χ0v) is 15.0. The van der Waals surface area contributed by atoms with Crippen LogP contribution in [-0.4, -0.2) is 27.0 Å². The van der Waals surface area contributed by atoms with E-state index in [1.807, 2.05) is 50.5 Å². The molecule has 26 heavy (non-hydrogen) atoms. The summed E-state index contributed by atoms with van der Waals surface area (Å²) in [7, 11) is 2.00. The standard InChI is InChI=1S/C21H22N4O/c1-14-24-19-11-15(7-8-20(19)25(14)2)12-21(26)22-10-9-16-13-23-18-6-4-3-5-17(16)18/h3-8,11,13,23H,9-10,12H2,1-2H3,(H,22,26). The van der Waals surface area contributed by atoms with Crippen molar-refractivity contribution in [3.05, 3.63) is 65.6 Å². The summed E-state index contributed by atoms with van der Waals surface area (Å²) in [4.78, 5) is 20.1. The van der Waals surface area contributed by atoms with Crippen LogP contribution in [0.5, 0.6) is 0 Å². The largest absolute Gasteiger partial charge is 0.361 e. The Balaban J connectivity index is 1.36. The molecule has 5 heteroatoms. The first-order chi connectivity index (χ1) is 12.6. The highest BCUT2D eigenvalue weighted by Gasteiger charge is 2.08. The number of rotatable bonds is 5. The number of H-pyrrole nitrogens is 1. The molecular weight excluding hydrogens is 324 g/mol. The molecule has 0 radical (unpaired) electrons. The van der Waals surface area contributed by atoms with E-state index in [4.69, 9.17) is 0 Å². The van der Waals surface area contributed by atoms with Crippen molar-refractivity contribution in [3.63, 3.8) is 0 Å².